The van der Waals surface area contributed by atoms with Gasteiger partial charge in [-0.25, -0.2) is 0 Å². The molecule has 30 heavy (non-hydrogen) atoms. The number of aromatic nitrogens is 4. The van der Waals surface area contributed by atoms with Crippen LogP contribution in [0.2, 0.25) is 5.02 Å². The number of nitrogens with one attached hydrogen (secondary N) is 1. The fourth-order valence-corrected chi connectivity index (χ4v) is 4.20. The van der Waals surface area contributed by atoms with Gasteiger partial charge in [-0.05, 0) is 29.8 Å². The number of hydrogen-bond donors (Lipinski definition) is 1. The highest BCUT2D eigenvalue weighted by Gasteiger charge is 2.26. The minimum Gasteiger partial charge on any atom is -0.446 e. The molecule has 1 aliphatic rings. The van der Waals surface area contributed by atoms with E-state index in [0.717, 1.165) is 27.5 Å². The Bertz CT molecular complexity index is 1190. The molecule has 2 aromatic carbocycles. The standard InChI is InChI=1S/C22H16ClN5OS/c23-16-9-3-1-7-14(16)13-30-22-26-21-19(27-28-22)15-8-2-4-10-17(15)25-20(29-21)18-11-5-6-12-24-18/h1-12,20,25H,13H2/t20-/m1/s1. The molecule has 1 aliphatic heterocycles. The number of fused-ring (bicyclic) bond motifs is 3. The van der Waals surface area contributed by atoms with E-state index < -0.39 is 6.23 Å². The molecule has 0 amide bonds. The Balaban J connectivity index is 1.49. The molecule has 2 aromatic heterocycles. The van der Waals surface area contributed by atoms with Crippen LogP contribution in [0.4, 0.5) is 5.69 Å². The summed E-state index contributed by atoms with van der Waals surface area (Å²) in [5.74, 6) is 1.05. The molecule has 0 unspecified atom stereocenters. The minimum atomic E-state index is -0.494. The molecule has 0 bridgehead atoms. The quantitative estimate of drug-likeness (QED) is 0.433. The van der Waals surface area contributed by atoms with Gasteiger partial charge in [0.05, 0.1) is 0 Å². The molecule has 1 atom stereocenters. The second-order valence-corrected chi connectivity index (χ2v) is 7.92. The average molecular weight is 434 g/mol. The van der Waals surface area contributed by atoms with Crippen molar-refractivity contribution >= 4 is 29.1 Å². The lowest BCUT2D eigenvalue weighted by atomic mass is 10.1. The number of nitrogens with zero attached hydrogens (tertiary/aromatic N) is 4. The van der Waals surface area contributed by atoms with Gasteiger partial charge in [-0.3, -0.25) is 4.98 Å². The Hall–Kier alpha value is -3.16. The van der Waals surface area contributed by atoms with Crippen LogP contribution in [-0.4, -0.2) is 20.2 Å². The molecular formula is C22H16ClN5OS. The number of para-hydroxylation sites is 1. The number of hydrogen-bond acceptors (Lipinski definition) is 7. The summed E-state index contributed by atoms with van der Waals surface area (Å²) in [6.07, 6.45) is 1.24. The second-order valence-electron chi connectivity index (χ2n) is 6.57. The van der Waals surface area contributed by atoms with E-state index in [9.17, 15) is 0 Å². The Morgan fingerprint density at radius 1 is 0.967 bits per heavy atom. The molecule has 0 saturated heterocycles. The number of anilines is 1. The third-order valence-electron chi connectivity index (χ3n) is 4.60. The molecule has 3 heterocycles. The van der Waals surface area contributed by atoms with Crippen LogP contribution in [-0.2, 0) is 5.75 Å². The number of thioether (sulfide) groups is 1. The normalized spacial score (nSPS) is 14.6. The van der Waals surface area contributed by atoms with Gasteiger partial charge in [-0.2, -0.15) is 4.98 Å². The highest BCUT2D eigenvalue weighted by molar-refractivity contribution is 7.98. The monoisotopic (exact) mass is 433 g/mol. The summed E-state index contributed by atoms with van der Waals surface area (Å²) in [5, 5.41) is 13.4. The van der Waals surface area contributed by atoms with E-state index in [0.29, 0.717) is 22.5 Å². The van der Waals surface area contributed by atoms with Gasteiger partial charge in [-0.1, -0.05) is 65.8 Å². The summed E-state index contributed by atoms with van der Waals surface area (Å²) < 4.78 is 6.22. The summed E-state index contributed by atoms with van der Waals surface area (Å²) in [6, 6.07) is 21.3. The lowest BCUT2D eigenvalue weighted by Crippen LogP contribution is -2.18. The molecule has 6 nitrogen and oxygen atoms in total. The van der Waals surface area contributed by atoms with Crippen LogP contribution in [0.3, 0.4) is 0 Å². The molecule has 0 radical (unpaired) electrons. The molecule has 4 aromatic rings. The van der Waals surface area contributed by atoms with Crippen molar-refractivity contribution < 1.29 is 4.74 Å². The van der Waals surface area contributed by atoms with Gasteiger partial charge in [0.1, 0.15) is 5.69 Å². The molecule has 0 fully saturated rings. The third kappa shape index (κ3) is 3.81. The van der Waals surface area contributed by atoms with Crippen LogP contribution >= 0.6 is 23.4 Å². The first-order valence-corrected chi connectivity index (χ1v) is 10.7. The molecule has 0 spiro atoms. The third-order valence-corrected chi connectivity index (χ3v) is 5.86. The predicted octanol–water partition coefficient (Wildman–Crippen LogP) is 5.38. The largest absolute Gasteiger partial charge is 0.446 e. The van der Waals surface area contributed by atoms with Crippen molar-refractivity contribution in [2.75, 3.05) is 5.32 Å². The van der Waals surface area contributed by atoms with E-state index >= 15 is 0 Å². The lowest BCUT2D eigenvalue weighted by molar-refractivity contribution is 0.220. The van der Waals surface area contributed by atoms with Crippen molar-refractivity contribution in [2.24, 2.45) is 0 Å². The summed E-state index contributed by atoms with van der Waals surface area (Å²) in [5.41, 5.74) is 4.14. The first-order valence-electron chi connectivity index (χ1n) is 9.32. The summed E-state index contributed by atoms with van der Waals surface area (Å²) in [6.45, 7) is 0. The molecule has 1 N–H and O–H groups in total. The number of benzene rings is 2. The van der Waals surface area contributed by atoms with Gasteiger partial charge < -0.3 is 10.1 Å². The Morgan fingerprint density at radius 3 is 2.67 bits per heavy atom. The van der Waals surface area contributed by atoms with Crippen LogP contribution in [0.25, 0.3) is 11.3 Å². The maximum Gasteiger partial charge on any atom is 0.247 e. The van der Waals surface area contributed by atoms with Crippen molar-refractivity contribution in [1.82, 2.24) is 20.2 Å². The topological polar surface area (TPSA) is 72.8 Å². The number of pyridine rings is 1. The van der Waals surface area contributed by atoms with E-state index in [-0.39, 0.29) is 0 Å². The second kappa shape index (κ2) is 8.30. The van der Waals surface area contributed by atoms with Gasteiger partial charge in [0.2, 0.25) is 17.3 Å². The highest BCUT2D eigenvalue weighted by Crippen LogP contribution is 2.39. The van der Waals surface area contributed by atoms with Crippen LogP contribution in [0.15, 0.2) is 78.1 Å². The maximum atomic E-state index is 6.26. The Morgan fingerprint density at radius 2 is 1.80 bits per heavy atom. The van der Waals surface area contributed by atoms with E-state index in [1.165, 1.54) is 11.8 Å². The van der Waals surface area contributed by atoms with Crippen LogP contribution in [0.1, 0.15) is 17.5 Å². The van der Waals surface area contributed by atoms with E-state index in [2.05, 4.69) is 25.5 Å². The molecule has 8 heteroatoms. The number of ether oxygens (including phenoxy) is 1. The summed E-state index contributed by atoms with van der Waals surface area (Å²) >= 11 is 7.72. The van der Waals surface area contributed by atoms with Gasteiger partial charge in [-0.15, -0.1) is 10.2 Å². The van der Waals surface area contributed by atoms with Crippen molar-refractivity contribution in [3.8, 4) is 17.1 Å². The van der Waals surface area contributed by atoms with Crippen LogP contribution < -0.4 is 10.1 Å². The molecule has 5 rings (SSSR count). The van der Waals surface area contributed by atoms with E-state index in [1.807, 2.05) is 66.7 Å². The van der Waals surface area contributed by atoms with Gasteiger partial charge >= 0.3 is 0 Å². The molecular weight excluding hydrogens is 418 g/mol. The van der Waals surface area contributed by atoms with Crippen molar-refractivity contribution in [1.29, 1.82) is 0 Å². The first kappa shape index (κ1) is 18.8. The fraction of sp³-hybridized carbons (Fsp3) is 0.0909. The zero-order chi connectivity index (χ0) is 20.3. The summed E-state index contributed by atoms with van der Waals surface area (Å²) in [4.78, 5) is 9.08. The lowest BCUT2D eigenvalue weighted by Gasteiger charge is -2.18. The Kier molecular flexibility index (Phi) is 5.21. The number of rotatable bonds is 4. The van der Waals surface area contributed by atoms with Gasteiger partial charge in [0.15, 0.2) is 5.69 Å². The molecule has 0 saturated carbocycles. The van der Waals surface area contributed by atoms with E-state index in [1.54, 1.807) is 6.20 Å². The van der Waals surface area contributed by atoms with Crippen LogP contribution in [0.5, 0.6) is 5.88 Å². The zero-order valence-corrected chi connectivity index (χ0v) is 17.3. The predicted molar refractivity (Wildman–Crippen MR) is 118 cm³/mol. The fourth-order valence-electron chi connectivity index (χ4n) is 3.13. The average Bonchev–Trinajstić information content (AvgIpc) is 2.96. The van der Waals surface area contributed by atoms with Crippen LogP contribution in [0, 0.1) is 0 Å². The van der Waals surface area contributed by atoms with Crippen molar-refractivity contribution in [3.05, 3.63) is 89.2 Å². The highest BCUT2D eigenvalue weighted by atomic mass is 35.5. The molecule has 148 valence electrons. The smallest absolute Gasteiger partial charge is 0.247 e. The maximum absolute atomic E-state index is 6.26. The summed E-state index contributed by atoms with van der Waals surface area (Å²) in [7, 11) is 0. The van der Waals surface area contributed by atoms with Crippen molar-refractivity contribution in [2.45, 2.75) is 17.1 Å². The van der Waals surface area contributed by atoms with Crippen molar-refractivity contribution in [3.63, 3.8) is 0 Å². The SMILES string of the molecule is Clc1ccccc1CSc1nnc2c(n1)O[C@H](c1ccccn1)Nc1ccccc1-2. The minimum absolute atomic E-state index is 0.416. The first-order chi connectivity index (χ1) is 14.8. The Labute approximate surface area is 182 Å². The van der Waals surface area contributed by atoms with Gasteiger partial charge in [0.25, 0.3) is 0 Å². The van der Waals surface area contributed by atoms with E-state index in [4.69, 9.17) is 16.3 Å². The zero-order valence-electron chi connectivity index (χ0n) is 15.7. The van der Waals surface area contributed by atoms with Gasteiger partial charge in [0, 0.05) is 28.2 Å². The number of halogens is 1. The molecule has 0 aliphatic carbocycles.